The van der Waals surface area contributed by atoms with Crippen molar-refractivity contribution in [1.82, 2.24) is 0 Å². The molecule has 0 spiro atoms. The Kier molecular flexibility index (Phi) is 11.2. The van der Waals surface area contributed by atoms with Gasteiger partial charge in [0.15, 0.2) is 11.0 Å². The Morgan fingerprint density at radius 1 is 1.03 bits per heavy atom. The maximum atomic E-state index is 13.3. The van der Waals surface area contributed by atoms with Gasteiger partial charge in [0.05, 0.1) is 17.6 Å². The van der Waals surface area contributed by atoms with Gasteiger partial charge >= 0.3 is 5.97 Å². The zero-order valence-electron chi connectivity index (χ0n) is 22.3. The van der Waals surface area contributed by atoms with Crippen molar-refractivity contribution in [3.8, 4) is 5.75 Å². The second-order valence-corrected chi connectivity index (χ2v) is 11.1. The number of rotatable bonds is 12. The quantitative estimate of drug-likeness (QED) is 0.142. The number of hydrogen-bond acceptors (Lipinski definition) is 6. The molecule has 1 atom stereocenters. The highest BCUT2D eigenvalue weighted by Gasteiger charge is 2.19. The first kappa shape index (κ1) is 30.5. The monoisotopic (exact) mass is 590 g/mol. The van der Waals surface area contributed by atoms with Gasteiger partial charge in [0.2, 0.25) is 0 Å². The van der Waals surface area contributed by atoms with Crippen LogP contribution in [0.5, 0.6) is 5.75 Å². The number of benzene rings is 3. The van der Waals surface area contributed by atoms with Crippen molar-refractivity contribution in [1.29, 1.82) is 0 Å². The Hall–Kier alpha value is -3.04. The zero-order chi connectivity index (χ0) is 28.5. The highest BCUT2D eigenvalue weighted by atomic mass is 35.5. The molecule has 0 aromatic heterocycles. The summed E-state index contributed by atoms with van der Waals surface area (Å²) >= 11 is 12.8. The summed E-state index contributed by atoms with van der Waals surface area (Å²) in [5, 5.41) is 1.10. The van der Waals surface area contributed by atoms with E-state index in [1.54, 1.807) is 58.9 Å². The molecule has 0 saturated heterocycles. The molecular formula is C29H32Cl2N2O5S. The Bertz CT molecular complexity index is 1330. The van der Waals surface area contributed by atoms with E-state index in [-0.39, 0.29) is 12.5 Å². The predicted octanol–water partition coefficient (Wildman–Crippen LogP) is 6.75. The van der Waals surface area contributed by atoms with E-state index >= 15 is 0 Å². The third kappa shape index (κ3) is 7.76. The van der Waals surface area contributed by atoms with Crippen molar-refractivity contribution < 1.29 is 23.3 Å². The number of nitrogens with two attached hydrogens (primary N) is 1. The normalized spacial score (nSPS) is 12.5. The Labute approximate surface area is 242 Å². The number of nitrogens with zero attached hydrogens (tertiary/aromatic N) is 1. The SMILES string of the molecule is CCN(c1ccc(OC/C(Cc2c(Cl)cccc2Cl)=C(/ON)C(C)C)cc1)S(=O)c1cccc(C(=O)OC)c1. The second kappa shape index (κ2) is 14.4. The first-order valence-electron chi connectivity index (χ1n) is 12.3. The van der Waals surface area contributed by atoms with Crippen LogP contribution in [-0.4, -0.2) is 30.4 Å². The minimum absolute atomic E-state index is 0.0167. The molecule has 208 valence electrons. The Balaban J connectivity index is 1.79. The van der Waals surface area contributed by atoms with Crippen LogP contribution in [0.4, 0.5) is 5.69 Å². The molecule has 0 amide bonds. The van der Waals surface area contributed by atoms with E-state index in [4.69, 9.17) is 43.4 Å². The highest BCUT2D eigenvalue weighted by Crippen LogP contribution is 2.30. The second-order valence-electron chi connectivity index (χ2n) is 8.86. The topological polar surface area (TPSA) is 91.1 Å². The van der Waals surface area contributed by atoms with Gasteiger partial charge in [0.1, 0.15) is 18.1 Å². The molecule has 0 aliphatic carbocycles. The van der Waals surface area contributed by atoms with E-state index < -0.39 is 17.0 Å². The van der Waals surface area contributed by atoms with E-state index in [0.29, 0.717) is 45.0 Å². The van der Waals surface area contributed by atoms with Crippen molar-refractivity contribution >= 4 is 45.8 Å². The lowest BCUT2D eigenvalue weighted by Gasteiger charge is -2.22. The molecule has 0 aliphatic heterocycles. The first-order chi connectivity index (χ1) is 18.7. The minimum Gasteiger partial charge on any atom is -0.489 e. The van der Waals surface area contributed by atoms with Gasteiger partial charge < -0.3 is 14.3 Å². The molecule has 3 rings (SSSR count). The summed E-state index contributed by atoms with van der Waals surface area (Å²) in [6.07, 6.45) is 0.411. The Morgan fingerprint density at radius 2 is 1.67 bits per heavy atom. The number of anilines is 1. The molecule has 0 aliphatic rings. The minimum atomic E-state index is -1.54. The van der Waals surface area contributed by atoms with Crippen LogP contribution >= 0.6 is 23.2 Å². The van der Waals surface area contributed by atoms with Crippen molar-refractivity contribution in [2.24, 2.45) is 11.8 Å². The van der Waals surface area contributed by atoms with E-state index in [2.05, 4.69) is 0 Å². The van der Waals surface area contributed by atoms with E-state index in [0.717, 1.165) is 16.8 Å². The van der Waals surface area contributed by atoms with Crippen LogP contribution < -0.4 is 14.9 Å². The molecule has 0 heterocycles. The summed E-state index contributed by atoms with van der Waals surface area (Å²) < 4.78 is 25.9. The molecule has 0 radical (unpaired) electrons. The van der Waals surface area contributed by atoms with Crippen molar-refractivity contribution in [3.05, 3.63) is 99.2 Å². The van der Waals surface area contributed by atoms with Crippen LogP contribution in [0.1, 0.15) is 36.7 Å². The van der Waals surface area contributed by atoms with Gasteiger partial charge in [-0.15, -0.1) is 0 Å². The van der Waals surface area contributed by atoms with E-state index in [9.17, 15) is 9.00 Å². The van der Waals surface area contributed by atoms with Gasteiger partial charge in [-0.05, 0) is 67.1 Å². The summed E-state index contributed by atoms with van der Waals surface area (Å²) in [5.74, 6) is 6.36. The molecule has 2 N–H and O–H groups in total. The zero-order valence-corrected chi connectivity index (χ0v) is 24.6. The van der Waals surface area contributed by atoms with Crippen molar-refractivity contribution in [2.75, 3.05) is 24.6 Å². The molecular weight excluding hydrogens is 559 g/mol. The number of esters is 1. The molecule has 3 aromatic carbocycles. The smallest absolute Gasteiger partial charge is 0.337 e. The molecule has 3 aromatic rings. The first-order valence-corrected chi connectivity index (χ1v) is 14.2. The average Bonchev–Trinajstić information content (AvgIpc) is 2.94. The van der Waals surface area contributed by atoms with Crippen LogP contribution in [0.15, 0.2) is 83.0 Å². The fraction of sp³-hybridized carbons (Fsp3) is 0.276. The standard InChI is InChI=1S/C29H32Cl2N2O5S/c1-5-33(39(35)24-9-6-8-20(16-24)29(34)36-4)22-12-14-23(15-13-22)37-18-21(28(38-32)19(2)3)17-25-26(30)10-7-11-27(25)31/h6-16,19H,5,17-18,32H2,1-4H3/b28-21+. The van der Waals surface area contributed by atoms with Crippen LogP contribution in [0.2, 0.25) is 10.0 Å². The van der Waals surface area contributed by atoms with Crippen LogP contribution in [0.25, 0.3) is 0 Å². The van der Waals surface area contributed by atoms with Crippen molar-refractivity contribution in [2.45, 2.75) is 32.1 Å². The summed E-state index contributed by atoms with van der Waals surface area (Å²) in [7, 11) is -0.226. The van der Waals surface area contributed by atoms with Gasteiger partial charge in [-0.2, -0.15) is 5.90 Å². The van der Waals surface area contributed by atoms with Gasteiger partial charge in [0.25, 0.3) is 0 Å². The lowest BCUT2D eigenvalue weighted by Crippen LogP contribution is -2.25. The van der Waals surface area contributed by atoms with Crippen LogP contribution in [0.3, 0.4) is 0 Å². The lowest BCUT2D eigenvalue weighted by atomic mass is 10.00. The third-order valence-electron chi connectivity index (χ3n) is 5.93. The number of allylic oxidation sites excluding steroid dienone is 1. The van der Waals surface area contributed by atoms with E-state index in [1.165, 1.54) is 7.11 Å². The summed E-state index contributed by atoms with van der Waals surface area (Å²) in [6.45, 7) is 6.54. The summed E-state index contributed by atoms with van der Waals surface area (Å²) in [6, 6.07) is 19.2. The van der Waals surface area contributed by atoms with Crippen molar-refractivity contribution in [3.63, 3.8) is 0 Å². The van der Waals surface area contributed by atoms with E-state index in [1.807, 2.05) is 32.9 Å². The largest absolute Gasteiger partial charge is 0.489 e. The Morgan fingerprint density at radius 3 is 2.23 bits per heavy atom. The summed E-state index contributed by atoms with van der Waals surface area (Å²) in [5.41, 5.74) is 2.65. The number of methoxy groups -OCH3 is 1. The lowest BCUT2D eigenvalue weighted by molar-refractivity contribution is 0.0600. The highest BCUT2D eigenvalue weighted by molar-refractivity contribution is 7.86. The average molecular weight is 592 g/mol. The predicted molar refractivity (Wildman–Crippen MR) is 156 cm³/mol. The molecule has 10 heteroatoms. The van der Waals surface area contributed by atoms with Gasteiger partial charge in [-0.25, -0.2) is 9.00 Å². The fourth-order valence-corrected chi connectivity index (χ4v) is 5.76. The molecule has 1 unspecified atom stereocenters. The number of carbonyl (C=O) groups excluding carboxylic acids is 1. The number of hydrogen-bond donors (Lipinski definition) is 1. The summed E-state index contributed by atoms with van der Waals surface area (Å²) in [4.78, 5) is 17.6. The van der Waals surface area contributed by atoms with Gasteiger partial charge in [-0.1, -0.05) is 49.2 Å². The third-order valence-corrected chi connectivity index (χ3v) is 8.17. The molecule has 0 bridgehead atoms. The van der Waals surface area contributed by atoms with Crippen LogP contribution in [0, 0.1) is 5.92 Å². The fourth-order valence-electron chi connectivity index (χ4n) is 4.00. The number of ether oxygens (including phenoxy) is 2. The van der Waals surface area contributed by atoms with Gasteiger partial charge in [-0.3, -0.25) is 4.31 Å². The van der Waals surface area contributed by atoms with Gasteiger partial charge in [0, 0.05) is 40.2 Å². The molecule has 39 heavy (non-hydrogen) atoms. The molecule has 7 nitrogen and oxygen atoms in total. The number of halogens is 2. The molecule has 0 fully saturated rings. The number of carbonyl (C=O) groups is 1. The van der Waals surface area contributed by atoms with Crippen LogP contribution in [-0.2, 0) is 27.0 Å². The maximum Gasteiger partial charge on any atom is 0.337 e. The maximum absolute atomic E-state index is 13.3. The molecule has 0 saturated carbocycles.